The molecule has 0 unspecified atom stereocenters. The van der Waals surface area contributed by atoms with Crippen molar-refractivity contribution in [2.75, 3.05) is 0 Å². The second-order valence-electron chi connectivity index (χ2n) is 6.96. The lowest BCUT2D eigenvalue weighted by atomic mass is 9.77. The van der Waals surface area contributed by atoms with Crippen LogP contribution >= 0.6 is 0 Å². The van der Waals surface area contributed by atoms with E-state index in [0.717, 1.165) is 11.1 Å². The lowest BCUT2D eigenvalue weighted by Gasteiger charge is -2.29. The predicted molar refractivity (Wildman–Crippen MR) is 106 cm³/mol. The van der Waals surface area contributed by atoms with Crippen LogP contribution in [0.3, 0.4) is 0 Å². The molecular formula is C23H24O4. The van der Waals surface area contributed by atoms with Gasteiger partial charge in [0.2, 0.25) is 0 Å². The average Bonchev–Trinajstić information content (AvgIpc) is 2.62. The molecule has 0 aliphatic heterocycles. The Morgan fingerprint density at radius 1 is 0.741 bits per heavy atom. The molecule has 140 valence electrons. The van der Waals surface area contributed by atoms with Gasteiger partial charge in [-0.05, 0) is 26.0 Å². The maximum Gasteiger partial charge on any atom is 0.338 e. The third-order valence-electron chi connectivity index (χ3n) is 4.22. The average molecular weight is 364 g/mol. The molecule has 0 aliphatic carbocycles. The highest BCUT2D eigenvalue weighted by Gasteiger charge is 2.30. The first kappa shape index (κ1) is 20.2. The second-order valence-corrected chi connectivity index (χ2v) is 6.96. The fourth-order valence-corrected chi connectivity index (χ4v) is 2.66. The number of carbonyl (C=O) groups is 2. The van der Waals surface area contributed by atoms with E-state index in [4.69, 9.17) is 9.47 Å². The summed E-state index contributed by atoms with van der Waals surface area (Å²) in [6.45, 7) is 14.4. The first-order valence-corrected chi connectivity index (χ1v) is 8.59. The Bertz CT molecular complexity index is 833. The van der Waals surface area contributed by atoms with E-state index in [2.05, 4.69) is 13.2 Å². The molecular weight excluding hydrogens is 340 g/mol. The van der Waals surface area contributed by atoms with Crippen molar-refractivity contribution in [2.45, 2.75) is 33.1 Å². The molecule has 27 heavy (non-hydrogen) atoms. The van der Waals surface area contributed by atoms with Crippen LogP contribution < -0.4 is 9.47 Å². The highest BCUT2D eigenvalue weighted by atomic mass is 16.5. The third-order valence-corrected chi connectivity index (χ3v) is 4.22. The van der Waals surface area contributed by atoms with Crippen LogP contribution in [0.4, 0.5) is 0 Å². The Balaban J connectivity index is 2.51. The lowest BCUT2D eigenvalue weighted by molar-refractivity contribution is -0.130. The van der Waals surface area contributed by atoms with Gasteiger partial charge in [0.1, 0.15) is 11.5 Å². The van der Waals surface area contributed by atoms with Crippen molar-refractivity contribution < 1.29 is 19.1 Å². The minimum atomic E-state index is -0.599. The monoisotopic (exact) mass is 364 g/mol. The number of benzene rings is 2. The summed E-state index contributed by atoms with van der Waals surface area (Å²) in [4.78, 5) is 24.0. The highest BCUT2D eigenvalue weighted by Crippen LogP contribution is 2.41. The molecule has 0 amide bonds. The number of esters is 2. The summed E-state index contributed by atoms with van der Waals surface area (Å²) >= 11 is 0. The van der Waals surface area contributed by atoms with E-state index in [1.54, 1.807) is 38.1 Å². The molecule has 2 aromatic rings. The first-order valence-electron chi connectivity index (χ1n) is 8.59. The van der Waals surface area contributed by atoms with Crippen LogP contribution in [0.1, 0.15) is 38.8 Å². The van der Waals surface area contributed by atoms with Gasteiger partial charge >= 0.3 is 11.9 Å². The Kier molecular flexibility index (Phi) is 6.01. The van der Waals surface area contributed by atoms with Crippen LogP contribution in [0.2, 0.25) is 0 Å². The van der Waals surface area contributed by atoms with Crippen LogP contribution in [0.15, 0.2) is 72.8 Å². The van der Waals surface area contributed by atoms with E-state index in [-0.39, 0.29) is 0 Å². The van der Waals surface area contributed by atoms with Gasteiger partial charge < -0.3 is 9.47 Å². The second kappa shape index (κ2) is 8.04. The fourth-order valence-electron chi connectivity index (χ4n) is 2.66. The highest BCUT2D eigenvalue weighted by molar-refractivity contribution is 5.89. The minimum absolute atomic E-state index is 0.318. The van der Waals surface area contributed by atoms with Crippen molar-refractivity contribution >= 4 is 11.9 Å². The molecule has 0 aromatic heterocycles. The maximum absolute atomic E-state index is 12.0. The van der Waals surface area contributed by atoms with E-state index >= 15 is 0 Å². The molecule has 2 rings (SSSR count). The van der Waals surface area contributed by atoms with E-state index in [0.29, 0.717) is 22.6 Å². The number of hydrogen-bond donors (Lipinski definition) is 0. The smallest absolute Gasteiger partial charge is 0.338 e. The number of ether oxygens (including phenoxy) is 2. The van der Waals surface area contributed by atoms with Crippen molar-refractivity contribution in [1.82, 2.24) is 0 Å². The molecule has 2 aromatic carbocycles. The molecule has 0 fully saturated rings. The van der Waals surface area contributed by atoms with Crippen molar-refractivity contribution in [2.24, 2.45) is 0 Å². The van der Waals surface area contributed by atoms with Gasteiger partial charge in [0.15, 0.2) is 0 Å². The lowest BCUT2D eigenvalue weighted by Crippen LogP contribution is -2.23. The number of hydrogen-bond acceptors (Lipinski definition) is 4. The molecule has 0 saturated carbocycles. The maximum atomic E-state index is 12.0. The number of carbonyl (C=O) groups excluding carboxylic acids is 2. The summed E-state index contributed by atoms with van der Waals surface area (Å²) in [7, 11) is 0. The van der Waals surface area contributed by atoms with Crippen molar-refractivity contribution in [3.63, 3.8) is 0 Å². The van der Waals surface area contributed by atoms with Crippen molar-refractivity contribution in [1.29, 1.82) is 0 Å². The molecule has 0 bridgehead atoms. The summed E-state index contributed by atoms with van der Waals surface area (Å²) in [5, 5.41) is 0. The van der Waals surface area contributed by atoms with Gasteiger partial charge in [-0.1, -0.05) is 63.4 Å². The van der Waals surface area contributed by atoms with Gasteiger partial charge in [-0.2, -0.15) is 0 Å². The topological polar surface area (TPSA) is 52.6 Å². The van der Waals surface area contributed by atoms with Crippen LogP contribution in [0.25, 0.3) is 0 Å². The SMILES string of the molecule is C=C(C)C(=O)Oc1ccccc1C(C)(C)c1ccccc1OC(=O)C(=C)C. The summed E-state index contributed by atoms with van der Waals surface area (Å²) in [6.07, 6.45) is 0. The van der Waals surface area contributed by atoms with Crippen molar-refractivity contribution in [3.8, 4) is 11.5 Å². The molecule has 0 atom stereocenters. The molecule has 0 saturated heterocycles. The van der Waals surface area contributed by atoms with Gasteiger partial charge in [0, 0.05) is 27.7 Å². The Morgan fingerprint density at radius 2 is 1.07 bits per heavy atom. The van der Waals surface area contributed by atoms with Crippen LogP contribution in [0.5, 0.6) is 11.5 Å². The number of para-hydroxylation sites is 2. The quantitative estimate of drug-likeness (QED) is 0.412. The van der Waals surface area contributed by atoms with Gasteiger partial charge in [-0.3, -0.25) is 0 Å². The minimum Gasteiger partial charge on any atom is -0.423 e. The van der Waals surface area contributed by atoms with Gasteiger partial charge in [-0.25, -0.2) is 9.59 Å². The summed E-state index contributed by atoms with van der Waals surface area (Å²) in [5.74, 6) is -0.0893. The predicted octanol–water partition coefficient (Wildman–Crippen LogP) is 4.98. The zero-order valence-electron chi connectivity index (χ0n) is 16.2. The molecule has 0 spiro atoms. The normalized spacial score (nSPS) is 10.8. The molecule has 0 radical (unpaired) electrons. The van der Waals surface area contributed by atoms with E-state index in [1.165, 1.54) is 0 Å². The van der Waals surface area contributed by atoms with E-state index in [9.17, 15) is 9.59 Å². The van der Waals surface area contributed by atoms with Crippen LogP contribution in [-0.4, -0.2) is 11.9 Å². The number of rotatable bonds is 6. The Labute approximate surface area is 160 Å². The first-order chi connectivity index (χ1) is 12.6. The van der Waals surface area contributed by atoms with Crippen LogP contribution in [0, 0.1) is 0 Å². The van der Waals surface area contributed by atoms with Gasteiger partial charge in [0.25, 0.3) is 0 Å². The fraction of sp³-hybridized carbons (Fsp3) is 0.217. The molecule has 4 nitrogen and oxygen atoms in total. The molecule has 0 aliphatic rings. The summed E-state index contributed by atoms with van der Waals surface area (Å²) in [5.41, 5.74) is 1.62. The zero-order chi connectivity index (χ0) is 20.2. The van der Waals surface area contributed by atoms with Gasteiger partial charge in [-0.15, -0.1) is 0 Å². The summed E-state index contributed by atoms with van der Waals surface area (Å²) in [6, 6.07) is 14.6. The molecule has 4 heteroatoms. The standard InChI is InChI=1S/C23H24O4/c1-15(2)21(24)26-19-13-9-7-11-17(19)23(5,6)18-12-8-10-14-20(18)27-22(25)16(3)4/h7-14H,1,3H2,2,4-6H3. The van der Waals surface area contributed by atoms with E-state index in [1.807, 2.05) is 38.1 Å². The third kappa shape index (κ3) is 4.53. The molecule has 0 heterocycles. The Hall–Kier alpha value is -3.14. The largest absolute Gasteiger partial charge is 0.423 e. The zero-order valence-corrected chi connectivity index (χ0v) is 16.2. The summed E-state index contributed by atoms with van der Waals surface area (Å²) < 4.78 is 11.0. The van der Waals surface area contributed by atoms with Crippen LogP contribution in [-0.2, 0) is 15.0 Å². The van der Waals surface area contributed by atoms with E-state index < -0.39 is 17.4 Å². The van der Waals surface area contributed by atoms with Crippen molar-refractivity contribution in [3.05, 3.63) is 84.0 Å². The molecule has 0 N–H and O–H groups in total. The Morgan fingerprint density at radius 3 is 1.41 bits per heavy atom. The van der Waals surface area contributed by atoms with Gasteiger partial charge in [0.05, 0.1) is 0 Å².